The fourth-order valence-electron chi connectivity index (χ4n) is 3.88. The number of hydrogen-bond donors (Lipinski definition) is 1. The van der Waals surface area contributed by atoms with Gasteiger partial charge in [0.1, 0.15) is 5.75 Å². The van der Waals surface area contributed by atoms with Crippen LogP contribution in [0.1, 0.15) is 40.1 Å². The van der Waals surface area contributed by atoms with Crippen LogP contribution in [0.2, 0.25) is 0 Å². The number of amides is 1. The summed E-state index contributed by atoms with van der Waals surface area (Å²) in [5.74, 6) is -0.764. The second-order valence-corrected chi connectivity index (χ2v) is 10.2. The summed E-state index contributed by atoms with van der Waals surface area (Å²) in [6.45, 7) is 3.86. The first-order valence-electron chi connectivity index (χ1n) is 11.1. The molecule has 0 bridgehead atoms. The quantitative estimate of drug-likeness (QED) is 0.493. The number of rotatable bonds is 7. The standard InChI is InChI=1S/C26H26N2O6S/c1-17(2)34-26(30)19-8-10-20(11-9-19)27-25(29)22-16-21(12-13-24(22)33-3)35(31,32)28-15-14-18-6-4-5-7-23(18)28/h4-13,16-17H,14-15H2,1-3H3,(H,27,29). The number of methoxy groups -OCH3 is 1. The second-order valence-electron chi connectivity index (χ2n) is 8.30. The van der Waals surface area contributed by atoms with E-state index in [0.717, 1.165) is 5.56 Å². The van der Waals surface area contributed by atoms with Crippen molar-refractivity contribution in [3.8, 4) is 5.75 Å². The smallest absolute Gasteiger partial charge is 0.338 e. The van der Waals surface area contributed by atoms with Crippen LogP contribution in [0.15, 0.2) is 71.6 Å². The molecular weight excluding hydrogens is 468 g/mol. The number of hydrogen-bond acceptors (Lipinski definition) is 6. The molecule has 35 heavy (non-hydrogen) atoms. The molecule has 0 saturated heterocycles. The number of sulfonamides is 1. The summed E-state index contributed by atoms with van der Waals surface area (Å²) in [5.41, 5.74) is 2.46. The van der Waals surface area contributed by atoms with Crippen LogP contribution >= 0.6 is 0 Å². The number of para-hydroxylation sites is 1. The predicted octanol–water partition coefficient (Wildman–Crippen LogP) is 4.26. The number of nitrogens with one attached hydrogen (secondary N) is 1. The van der Waals surface area contributed by atoms with E-state index in [2.05, 4.69) is 5.32 Å². The topological polar surface area (TPSA) is 102 Å². The maximum atomic E-state index is 13.4. The molecule has 3 aromatic carbocycles. The third-order valence-electron chi connectivity index (χ3n) is 5.57. The summed E-state index contributed by atoms with van der Waals surface area (Å²) in [4.78, 5) is 25.1. The summed E-state index contributed by atoms with van der Waals surface area (Å²) < 4.78 is 38.7. The minimum absolute atomic E-state index is 0.00747. The van der Waals surface area contributed by atoms with Gasteiger partial charge in [-0.15, -0.1) is 0 Å². The highest BCUT2D eigenvalue weighted by molar-refractivity contribution is 7.92. The number of esters is 1. The van der Waals surface area contributed by atoms with Crippen LogP contribution in [0.4, 0.5) is 11.4 Å². The van der Waals surface area contributed by atoms with Crippen molar-refractivity contribution in [2.45, 2.75) is 31.3 Å². The van der Waals surface area contributed by atoms with E-state index >= 15 is 0 Å². The molecule has 8 nitrogen and oxygen atoms in total. The number of carbonyl (C=O) groups excluding carboxylic acids is 2. The zero-order chi connectivity index (χ0) is 25.2. The van der Waals surface area contributed by atoms with Crippen molar-refractivity contribution in [3.05, 3.63) is 83.4 Å². The number of anilines is 2. The first kappa shape index (κ1) is 24.3. The fourth-order valence-corrected chi connectivity index (χ4v) is 5.41. The molecule has 4 rings (SSSR count). The highest BCUT2D eigenvalue weighted by Gasteiger charge is 2.31. The number of ether oxygens (including phenoxy) is 2. The van der Waals surface area contributed by atoms with Gasteiger partial charge in [-0.3, -0.25) is 9.10 Å². The van der Waals surface area contributed by atoms with Gasteiger partial charge in [-0.05, 0) is 74.4 Å². The van der Waals surface area contributed by atoms with Crippen molar-refractivity contribution < 1.29 is 27.5 Å². The van der Waals surface area contributed by atoms with E-state index in [1.54, 1.807) is 50.2 Å². The third kappa shape index (κ3) is 5.00. The van der Waals surface area contributed by atoms with Gasteiger partial charge in [0.05, 0.1) is 34.9 Å². The molecule has 0 saturated carbocycles. The Kier molecular flexibility index (Phi) is 6.79. The lowest BCUT2D eigenvalue weighted by atomic mass is 10.1. The molecule has 0 aliphatic carbocycles. The van der Waals surface area contributed by atoms with Crippen LogP contribution in [0.25, 0.3) is 0 Å². The Labute approximate surface area is 204 Å². The lowest BCUT2D eigenvalue weighted by Gasteiger charge is -2.20. The van der Waals surface area contributed by atoms with E-state index in [1.165, 1.54) is 29.6 Å². The molecular formula is C26H26N2O6S. The Morgan fingerprint density at radius 3 is 2.40 bits per heavy atom. The maximum absolute atomic E-state index is 13.4. The van der Waals surface area contributed by atoms with E-state index < -0.39 is 21.9 Å². The molecule has 1 amide bonds. The Morgan fingerprint density at radius 1 is 1.00 bits per heavy atom. The van der Waals surface area contributed by atoms with Gasteiger partial charge in [0.2, 0.25) is 0 Å². The Hall–Kier alpha value is -3.85. The lowest BCUT2D eigenvalue weighted by Crippen LogP contribution is -2.29. The van der Waals surface area contributed by atoms with Gasteiger partial charge >= 0.3 is 5.97 Å². The summed E-state index contributed by atoms with van der Waals surface area (Å²) in [7, 11) is -2.48. The van der Waals surface area contributed by atoms with Gasteiger partial charge in [0.25, 0.3) is 15.9 Å². The Bertz CT molecular complexity index is 1370. The van der Waals surface area contributed by atoms with Crippen LogP contribution in [0, 0.1) is 0 Å². The highest BCUT2D eigenvalue weighted by Crippen LogP contribution is 2.34. The summed E-state index contributed by atoms with van der Waals surface area (Å²) in [5, 5.41) is 2.72. The molecule has 0 unspecified atom stereocenters. The van der Waals surface area contributed by atoms with Crippen molar-refractivity contribution in [2.24, 2.45) is 0 Å². The van der Waals surface area contributed by atoms with E-state index in [0.29, 0.717) is 29.9 Å². The van der Waals surface area contributed by atoms with Crippen LogP contribution in [0.5, 0.6) is 5.75 Å². The molecule has 1 heterocycles. The van der Waals surface area contributed by atoms with Crippen LogP contribution < -0.4 is 14.4 Å². The van der Waals surface area contributed by atoms with Gasteiger partial charge in [0.15, 0.2) is 0 Å². The van der Waals surface area contributed by atoms with Crippen molar-refractivity contribution in [1.29, 1.82) is 0 Å². The van der Waals surface area contributed by atoms with E-state index in [-0.39, 0.29) is 22.3 Å². The second kappa shape index (κ2) is 9.79. The monoisotopic (exact) mass is 494 g/mol. The Balaban J connectivity index is 1.58. The predicted molar refractivity (Wildman–Crippen MR) is 133 cm³/mol. The first-order chi connectivity index (χ1) is 16.7. The normalized spacial score (nSPS) is 12.9. The number of nitrogens with zero attached hydrogens (tertiary/aromatic N) is 1. The van der Waals surface area contributed by atoms with Crippen LogP contribution in [-0.4, -0.2) is 40.1 Å². The van der Waals surface area contributed by atoms with Crippen LogP contribution in [0.3, 0.4) is 0 Å². The highest BCUT2D eigenvalue weighted by atomic mass is 32.2. The third-order valence-corrected chi connectivity index (χ3v) is 7.38. The average Bonchev–Trinajstić information content (AvgIpc) is 3.28. The fraction of sp³-hybridized carbons (Fsp3) is 0.231. The average molecular weight is 495 g/mol. The lowest BCUT2D eigenvalue weighted by molar-refractivity contribution is 0.0378. The zero-order valence-electron chi connectivity index (χ0n) is 19.6. The van der Waals surface area contributed by atoms with Gasteiger partial charge in [0, 0.05) is 12.2 Å². The van der Waals surface area contributed by atoms with Gasteiger partial charge in [-0.1, -0.05) is 18.2 Å². The first-order valence-corrected chi connectivity index (χ1v) is 12.6. The maximum Gasteiger partial charge on any atom is 0.338 e. The van der Waals surface area contributed by atoms with Crippen molar-refractivity contribution in [3.63, 3.8) is 0 Å². The summed E-state index contributed by atoms with van der Waals surface area (Å²) >= 11 is 0. The van der Waals surface area contributed by atoms with Crippen molar-refractivity contribution in [2.75, 3.05) is 23.3 Å². The minimum atomic E-state index is -3.88. The van der Waals surface area contributed by atoms with Crippen molar-refractivity contribution >= 4 is 33.3 Å². The van der Waals surface area contributed by atoms with Gasteiger partial charge < -0.3 is 14.8 Å². The number of carbonyl (C=O) groups is 2. The molecule has 0 fully saturated rings. The summed E-state index contributed by atoms with van der Waals surface area (Å²) in [6, 6.07) is 17.8. The minimum Gasteiger partial charge on any atom is -0.496 e. The number of benzene rings is 3. The Morgan fingerprint density at radius 2 is 1.71 bits per heavy atom. The van der Waals surface area contributed by atoms with E-state index in [9.17, 15) is 18.0 Å². The zero-order valence-corrected chi connectivity index (χ0v) is 20.5. The molecule has 0 atom stereocenters. The molecule has 1 N–H and O–H groups in total. The van der Waals surface area contributed by atoms with Crippen molar-refractivity contribution in [1.82, 2.24) is 0 Å². The number of fused-ring (bicyclic) bond motifs is 1. The van der Waals surface area contributed by atoms with Gasteiger partial charge in [-0.2, -0.15) is 0 Å². The molecule has 1 aliphatic heterocycles. The SMILES string of the molecule is COc1ccc(S(=O)(=O)N2CCc3ccccc32)cc1C(=O)Nc1ccc(C(=O)OC(C)C)cc1. The molecule has 1 aliphatic rings. The summed E-state index contributed by atoms with van der Waals surface area (Å²) in [6.07, 6.45) is 0.381. The van der Waals surface area contributed by atoms with E-state index in [4.69, 9.17) is 9.47 Å². The van der Waals surface area contributed by atoms with E-state index in [1.807, 2.05) is 12.1 Å². The molecule has 3 aromatic rings. The molecule has 0 aromatic heterocycles. The van der Waals surface area contributed by atoms with Gasteiger partial charge in [-0.25, -0.2) is 13.2 Å². The largest absolute Gasteiger partial charge is 0.496 e. The van der Waals surface area contributed by atoms with Crippen LogP contribution in [-0.2, 0) is 21.2 Å². The molecule has 9 heteroatoms. The molecule has 0 radical (unpaired) electrons. The molecule has 182 valence electrons. The molecule has 0 spiro atoms.